The number of carbonyl (C=O) groups excluding carboxylic acids is 5. The molecule has 12 heteroatoms. The van der Waals surface area contributed by atoms with Gasteiger partial charge < -0.3 is 31.7 Å². The molecular weight excluding hydrogens is 509 g/mol. The molecule has 1 aliphatic heterocycles. The smallest absolute Gasteiger partial charge is 0.408 e. The van der Waals surface area contributed by atoms with Gasteiger partial charge in [0.2, 0.25) is 23.6 Å². The summed E-state index contributed by atoms with van der Waals surface area (Å²) in [4.78, 5) is 63.4. The maximum absolute atomic E-state index is 13.9. The van der Waals surface area contributed by atoms with Crippen molar-refractivity contribution in [2.24, 2.45) is 17.1 Å². The molecule has 5 amide bonds. The van der Waals surface area contributed by atoms with Crippen molar-refractivity contribution in [1.29, 1.82) is 0 Å². The van der Waals surface area contributed by atoms with Crippen LogP contribution in [0.5, 0.6) is 0 Å². The van der Waals surface area contributed by atoms with E-state index in [2.05, 4.69) is 21.3 Å². The lowest BCUT2D eigenvalue weighted by Crippen LogP contribution is -2.60. The third-order valence-electron chi connectivity index (χ3n) is 6.09. The van der Waals surface area contributed by atoms with Crippen molar-refractivity contribution >= 4 is 29.7 Å². The predicted octanol–water partition coefficient (Wildman–Crippen LogP) is 1.29. The SMILES string of the molecule is CC(C)(C)OC(=O)N[C@H](C(=O)N[C@@H](Cc1cccc(F)c1)C(=O)N[C@@H](C[C@@H]1CCNC1=O)C(N)=O)C(C)(C)C. The first-order chi connectivity index (χ1) is 18.0. The Bertz CT molecular complexity index is 1080. The van der Waals surface area contributed by atoms with Gasteiger partial charge in [0, 0.05) is 18.9 Å². The van der Waals surface area contributed by atoms with E-state index in [1.165, 1.54) is 18.2 Å². The number of alkyl carbamates (subject to hydrolysis) is 1. The number of hydrogen-bond acceptors (Lipinski definition) is 6. The maximum Gasteiger partial charge on any atom is 0.408 e. The Morgan fingerprint density at radius 1 is 1.05 bits per heavy atom. The summed E-state index contributed by atoms with van der Waals surface area (Å²) < 4.78 is 19.2. The fraction of sp³-hybridized carbons (Fsp3) is 0.593. The summed E-state index contributed by atoms with van der Waals surface area (Å²) in [5.41, 5.74) is 4.33. The molecule has 1 saturated heterocycles. The molecule has 0 saturated carbocycles. The van der Waals surface area contributed by atoms with Gasteiger partial charge in [-0.25, -0.2) is 9.18 Å². The second-order valence-electron chi connectivity index (χ2n) is 11.8. The van der Waals surface area contributed by atoms with Crippen LogP contribution in [0.2, 0.25) is 0 Å². The Labute approximate surface area is 228 Å². The highest BCUT2D eigenvalue weighted by Gasteiger charge is 2.37. The van der Waals surface area contributed by atoms with Gasteiger partial charge in [-0.15, -0.1) is 0 Å². The quantitative estimate of drug-likeness (QED) is 0.295. The molecule has 0 unspecified atom stereocenters. The van der Waals surface area contributed by atoms with Gasteiger partial charge in [-0.3, -0.25) is 19.2 Å². The van der Waals surface area contributed by atoms with Crippen LogP contribution in [0.4, 0.5) is 9.18 Å². The summed E-state index contributed by atoms with van der Waals surface area (Å²) in [6, 6.07) is 1.98. The largest absolute Gasteiger partial charge is 0.444 e. The zero-order chi connectivity index (χ0) is 29.5. The van der Waals surface area contributed by atoms with E-state index in [1.54, 1.807) is 47.6 Å². The van der Waals surface area contributed by atoms with Crippen LogP contribution in [0.3, 0.4) is 0 Å². The van der Waals surface area contributed by atoms with Gasteiger partial charge in [-0.05, 0) is 56.7 Å². The molecule has 1 aromatic carbocycles. The average molecular weight is 550 g/mol. The van der Waals surface area contributed by atoms with Crippen LogP contribution in [0, 0.1) is 17.2 Å². The summed E-state index contributed by atoms with van der Waals surface area (Å²) in [6.45, 7) is 10.7. The molecule has 2 rings (SSSR count). The minimum absolute atomic E-state index is 0.00163. The molecule has 6 N–H and O–H groups in total. The minimum atomic E-state index is -1.26. The van der Waals surface area contributed by atoms with Crippen molar-refractivity contribution in [2.75, 3.05) is 6.54 Å². The summed E-state index contributed by atoms with van der Waals surface area (Å²) in [5, 5.41) is 10.4. The number of primary amides is 1. The maximum atomic E-state index is 13.9. The van der Waals surface area contributed by atoms with E-state index in [0.29, 0.717) is 18.5 Å². The van der Waals surface area contributed by atoms with Crippen LogP contribution in [0.1, 0.15) is 59.9 Å². The van der Waals surface area contributed by atoms with Crippen molar-refractivity contribution < 1.29 is 33.1 Å². The van der Waals surface area contributed by atoms with Gasteiger partial charge in [0.25, 0.3) is 0 Å². The van der Waals surface area contributed by atoms with Crippen molar-refractivity contribution in [2.45, 2.75) is 84.5 Å². The minimum Gasteiger partial charge on any atom is -0.444 e. The molecule has 0 aromatic heterocycles. The zero-order valence-corrected chi connectivity index (χ0v) is 23.4. The normalized spacial score (nSPS) is 17.8. The summed E-state index contributed by atoms with van der Waals surface area (Å²) in [5.74, 6) is -3.53. The summed E-state index contributed by atoms with van der Waals surface area (Å²) in [7, 11) is 0. The van der Waals surface area contributed by atoms with Gasteiger partial charge >= 0.3 is 6.09 Å². The van der Waals surface area contributed by atoms with Crippen LogP contribution in [-0.2, 0) is 30.3 Å². The first-order valence-electron chi connectivity index (χ1n) is 12.9. The molecule has 0 bridgehead atoms. The Kier molecular flexibility index (Phi) is 10.4. The summed E-state index contributed by atoms with van der Waals surface area (Å²) in [6.07, 6.45) is -0.440. The average Bonchev–Trinajstić information content (AvgIpc) is 3.18. The van der Waals surface area contributed by atoms with Crippen LogP contribution in [0.25, 0.3) is 0 Å². The number of hydrogen-bond donors (Lipinski definition) is 5. The van der Waals surface area contributed by atoms with Crippen molar-refractivity contribution in [3.8, 4) is 0 Å². The van der Waals surface area contributed by atoms with Gasteiger partial charge in [0.1, 0.15) is 29.5 Å². The Morgan fingerprint density at radius 2 is 1.69 bits per heavy atom. The second kappa shape index (κ2) is 12.9. The molecule has 0 aliphatic carbocycles. The number of ether oxygens (including phenoxy) is 1. The topological polar surface area (TPSA) is 169 Å². The Hall–Kier alpha value is -3.70. The van der Waals surface area contributed by atoms with Gasteiger partial charge in [-0.2, -0.15) is 0 Å². The monoisotopic (exact) mass is 549 g/mol. The Balaban J connectivity index is 2.28. The van der Waals surface area contributed by atoms with Crippen molar-refractivity contribution in [1.82, 2.24) is 21.3 Å². The molecule has 216 valence electrons. The fourth-order valence-electron chi connectivity index (χ4n) is 4.14. The fourth-order valence-corrected chi connectivity index (χ4v) is 4.14. The van der Waals surface area contributed by atoms with E-state index in [0.717, 1.165) is 0 Å². The highest BCUT2D eigenvalue weighted by molar-refractivity contribution is 5.94. The van der Waals surface area contributed by atoms with Gasteiger partial charge in [0.15, 0.2) is 0 Å². The first kappa shape index (κ1) is 31.5. The molecule has 1 aromatic rings. The number of benzene rings is 1. The third kappa shape index (κ3) is 10.2. The number of carbonyl (C=O) groups is 5. The van der Waals surface area contributed by atoms with E-state index in [4.69, 9.17) is 10.5 Å². The molecule has 0 spiro atoms. The van der Waals surface area contributed by atoms with Gasteiger partial charge in [0.05, 0.1) is 0 Å². The lowest BCUT2D eigenvalue weighted by atomic mass is 9.86. The number of nitrogens with two attached hydrogens (primary N) is 1. The number of amides is 5. The third-order valence-corrected chi connectivity index (χ3v) is 6.09. The number of nitrogens with one attached hydrogen (secondary N) is 4. The molecule has 39 heavy (non-hydrogen) atoms. The highest BCUT2D eigenvalue weighted by atomic mass is 19.1. The zero-order valence-electron chi connectivity index (χ0n) is 23.4. The lowest BCUT2D eigenvalue weighted by Gasteiger charge is -2.32. The highest BCUT2D eigenvalue weighted by Crippen LogP contribution is 2.21. The first-order valence-corrected chi connectivity index (χ1v) is 12.9. The molecule has 0 radical (unpaired) electrons. The van der Waals surface area contributed by atoms with E-state index in [1.807, 2.05) is 0 Å². The van der Waals surface area contributed by atoms with Crippen LogP contribution in [0.15, 0.2) is 24.3 Å². The van der Waals surface area contributed by atoms with E-state index < -0.39 is 64.7 Å². The van der Waals surface area contributed by atoms with E-state index >= 15 is 0 Å². The molecular formula is C27H40FN5O6. The van der Waals surface area contributed by atoms with Crippen LogP contribution >= 0.6 is 0 Å². The van der Waals surface area contributed by atoms with E-state index in [9.17, 15) is 28.4 Å². The number of halogens is 1. The molecule has 1 heterocycles. The number of rotatable bonds is 10. The van der Waals surface area contributed by atoms with Gasteiger partial charge in [-0.1, -0.05) is 32.9 Å². The second-order valence-corrected chi connectivity index (χ2v) is 11.8. The van der Waals surface area contributed by atoms with Crippen molar-refractivity contribution in [3.63, 3.8) is 0 Å². The van der Waals surface area contributed by atoms with Crippen LogP contribution < -0.4 is 27.0 Å². The summed E-state index contributed by atoms with van der Waals surface area (Å²) >= 11 is 0. The lowest BCUT2D eigenvalue weighted by molar-refractivity contribution is -0.133. The Morgan fingerprint density at radius 3 is 2.21 bits per heavy atom. The molecule has 1 fully saturated rings. The molecule has 4 atom stereocenters. The molecule has 1 aliphatic rings. The standard InChI is InChI=1S/C27H40FN5O6/c1-26(2,3)20(33-25(38)39-27(4,5)6)24(37)32-19(13-15-8-7-9-17(28)12-15)23(36)31-18(21(29)34)14-16-10-11-30-22(16)35/h7-9,12,16,18-20H,10-11,13-14H2,1-6H3,(H2,29,34)(H,30,35)(H,31,36)(H,32,37)(H,33,38)/t16-,18-,19-,20+/m0/s1. The van der Waals surface area contributed by atoms with E-state index in [-0.39, 0.29) is 18.7 Å². The molecule has 11 nitrogen and oxygen atoms in total. The van der Waals surface area contributed by atoms with Crippen LogP contribution in [-0.4, -0.2) is 60.0 Å². The predicted molar refractivity (Wildman–Crippen MR) is 142 cm³/mol. The van der Waals surface area contributed by atoms with Crippen molar-refractivity contribution in [3.05, 3.63) is 35.6 Å².